The van der Waals surface area contributed by atoms with E-state index >= 15 is 0 Å². The molecule has 3 aliphatic rings. The highest BCUT2D eigenvalue weighted by atomic mass is 35.5. The average molecular weight is 713 g/mol. The van der Waals surface area contributed by atoms with Gasteiger partial charge in [0.25, 0.3) is 5.91 Å². The minimum absolute atomic E-state index is 0.146. The number of hydrogen-bond donors (Lipinski definition) is 2. The second-order valence-corrected chi connectivity index (χ2v) is 16.6. The number of benzene rings is 2. The topological polar surface area (TPSA) is 105 Å². The summed E-state index contributed by atoms with van der Waals surface area (Å²) in [5, 5.41) is 11.0. The number of methoxy groups -OCH3 is 1. The fraction of sp³-hybridized carbons (Fsp3) is 0.564. The Bertz CT molecular complexity index is 1610. The van der Waals surface area contributed by atoms with E-state index in [0.29, 0.717) is 31.9 Å². The van der Waals surface area contributed by atoms with Gasteiger partial charge in [-0.15, -0.1) is 6.58 Å². The van der Waals surface area contributed by atoms with Crippen LogP contribution in [0.5, 0.6) is 5.75 Å². The lowest BCUT2D eigenvalue weighted by Gasteiger charge is -2.45. The minimum Gasteiger partial charge on any atom is -0.490 e. The van der Waals surface area contributed by atoms with Crippen molar-refractivity contribution in [1.82, 2.24) is 4.72 Å². The molecule has 2 aromatic rings. The lowest BCUT2D eigenvalue weighted by molar-refractivity contribution is 0.0456. The normalized spacial score (nSPS) is 23.8. The Balaban J connectivity index is 1.47. The lowest BCUT2D eigenvalue weighted by Crippen LogP contribution is -2.49. The van der Waals surface area contributed by atoms with E-state index in [0.717, 1.165) is 55.7 Å². The van der Waals surface area contributed by atoms with Crippen LogP contribution in [0.15, 0.2) is 61.2 Å². The number of carbonyl (C=O) groups excluding carboxylic acids is 1. The Morgan fingerprint density at radius 2 is 2.08 bits per heavy atom. The number of sulfonamides is 1. The zero-order chi connectivity index (χ0) is 35.2. The molecule has 0 bridgehead atoms. The molecule has 1 fully saturated rings. The number of unbranched alkanes of at least 4 members (excludes halogenated alkanes) is 1. The summed E-state index contributed by atoms with van der Waals surface area (Å²) in [6.45, 7) is 9.83. The number of allylic oxidation sites excluding steroid dienone is 2. The van der Waals surface area contributed by atoms with Gasteiger partial charge < -0.3 is 19.5 Å². The molecule has 0 saturated heterocycles. The highest BCUT2D eigenvalue weighted by molar-refractivity contribution is 7.90. The molecule has 8 nitrogen and oxygen atoms in total. The molecule has 2 N–H and O–H groups in total. The zero-order valence-corrected chi connectivity index (χ0v) is 30.8. The van der Waals surface area contributed by atoms with Crippen LogP contribution < -0.4 is 14.4 Å². The molecule has 0 aromatic heterocycles. The van der Waals surface area contributed by atoms with Crippen molar-refractivity contribution in [2.45, 2.75) is 88.4 Å². The Morgan fingerprint density at radius 1 is 1.27 bits per heavy atom. The number of aliphatic hydroxyl groups excluding tert-OH is 1. The Kier molecular flexibility index (Phi) is 12.6. The van der Waals surface area contributed by atoms with E-state index in [-0.39, 0.29) is 41.8 Å². The molecular weight excluding hydrogens is 660 g/mol. The van der Waals surface area contributed by atoms with Gasteiger partial charge in [0, 0.05) is 42.8 Å². The molecule has 2 aromatic carbocycles. The molecule has 268 valence electrons. The average Bonchev–Trinajstić information content (AvgIpc) is 3.20. The van der Waals surface area contributed by atoms with Crippen LogP contribution in [0, 0.1) is 17.8 Å². The number of ether oxygens (including phenoxy) is 2. The monoisotopic (exact) mass is 712 g/mol. The van der Waals surface area contributed by atoms with Crippen LogP contribution in [0.1, 0.15) is 86.7 Å². The van der Waals surface area contributed by atoms with Crippen LogP contribution in [0.4, 0.5) is 5.69 Å². The van der Waals surface area contributed by atoms with Gasteiger partial charge in [0.1, 0.15) is 5.75 Å². The minimum atomic E-state index is -4.02. The van der Waals surface area contributed by atoms with Crippen molar-refractivity contribution in [2.24, 2.45) is 17.8 Å². The fourth-order valence-electron chi connectivity index (χ4n) is 8.01. The molecule has 10 heteroatoms. The smallest absolute Gasteiger partial charge is 0.264 e. The van der Waals surface area contributed by atoms with Crippen molar-refractivity contribution >= 4 is 33.2 Å². The van der Waals surface area contributed by atoms with Crippen molar-refractivity contribution in [3.8, 4) is 5.75 Å². The van der Waals surface area contributed by atoms with Gasteiger partial charge in [-0.2, -0.15) is 0 Å². The van der Waals surface area contributed by atoms with Crippen molar-refractivity contribution in [3.05, 3.63) is 82.9 Å². The predicted molar refractivity (Wildman–Crippen MR) is 197 cm³/mol. The molecule has 1 amide bonds. The predicted octanol–water partition coefficient (Wildman–Crippen LogP) is 7.23. The molecule has 1 saturated carbocycles. The van der Waals surface area contributed by atoms with Crippen molar-refractivity contribution < 1.29 is 27.8 Å². The van der Waals surface area contributed by atoms with E-state index in [1.807, 2.05) is 19.1 Å². The van der Waals surface area contributed by atoms with E-state index in [2.05, 4.69) is 41.3 Å². The van der Waals surface area contributed by atoms with Crippen LogP contribution >= 0.6 is 11.6 Å². The highest BCUT2D eigenvalue weighted by Crippen LogP contribution is 2.46. The first-order chi connectivity index (χ1) is 23.5. The number of nitrogens with one attached hydrogen (secondary N) is 1. The second kappa shape index (κ2) is 16.4. The summed E-state index contributed by atoms with van der Waals surface area (Å²) in [6.07, 6.45) is 12.8. The third kappa shape index (κ3) is 8.55. The first kappa shape index (κ1) is 37.4. The van der Waals surface area contributed by atoms with Gasteiger partial charge in [-0.1, -0.05) is 56.2 Å². The highest BCUT2D eigenvalue weighted by Gasteiger charge is 2.44. The van der Waals surface area contributed by atoms with E-state index in [1.165, 1.54) is 18.2 Å². The standard InChI is InChI=1S/C39H53ClN2O6S/c1-5-7-8-12-35(43)32-16-13-30(32)24-42-25-39(20-9-11-28-22-31(40)15-17-33(28)39)26-48-36-18-14-29(23-34(36)42)38(44)41-49(45,46)37(19-21-47-4)27(3)10-6-2/h6,8,12,14-15,17-18,22-23,27,30,32,35,37,43H,2,5,7,9-11,13,16,19-21,24-26H2,1,3-4H3,(H,41,44)/b12-8+/t27-,30-,32-,35-,37+,39-/m0/s1. The molecule has 2 aliphatic carbocycles. The molecule has 49 heavy (non-hydrogen) atoms. The van der Waals surface area contributed by atoms with Crippen LogP contribution in [0.25, 0.3) is 0 Å². The number of nitrogens with zero attached hydrogens (tertiary/aromatic N) is 1. The van der Waals surface area contributed by atoms with Crippen molar-refractivity contribution in [3.63, 3.8) is 0 Å². The number of amides is 1. The van der Waals surface area contributed by atoms with E-state index in [9.17, 15) is 18.3 Å². The SMILES string of the molecule is C=CC[C@H](C)[C@@H](CCOC)S(=O)(=O)NC(=O)c1ccc2c(c1)N(C[C@@H]1CC[C@@H]1[C@@H](O)/C=C/CCC)C[C@@]1(CCCc3cc(Cl)ccc31)CO2. The van der Waals surface area contributed by atoms with Gasteiger partial charge in [0.2, 0.25) is 10.0 Å². The van der Waals surface area contributed by atoms with Crippen LogP contribution in [0.2, 0.25) is 5.02 Å². The molecule has 1 spiro atoms. The third-order valence-electron chi connectivity index (χ3n) is 10.9. The third-order valence-corrected chi connectivity index (χ3v) is 13.1. The Hall–Kier alpha value is -2.85. The molecule has 0 radical (unpaired) electrons. The van der Waals surface area contributed by atoms with Gasteiger partial charge in [0.05, 0.1) is 23.6 Å². The lowest BCUT2D eigenvalue weighted by atomic mass is 9.68. The maximum Gasteiger partial charge on any atom is 0.264 e. The number of carbonyl (C=O) groups is 1. The number of rotatable bonds is 15. The number of aliphatic hydroxyl groups is 1. The van der Waals surface area contributed by atoms with Gasteiger partial charge in [-0.25, -0.2) is 13.1 Å². The first-order valence-corrected chi connectivity index (χ1v) is 19.8. The molecule has 1 aliphatic heterocycles. The first-order valence-electron chi connectivity index (χ1n) is 17.8. The van der Waals surface area contributed by atoms with Gasteiger partial charge in [0.15, 0.2) is 0 Å². The maximum atomic E-state index is 13.7. The summed E-state index contributed by atoms with van der Waals surface area (Å²) < 4.78 is 41.3. The van der Waals surface area contributed by atoms with Crippen molar-refractivity contribution in [1.29, 1.82) is 0 Å². The van der Waals surface area contributed by atoms with Crippen molar-refractivity contribution in [2.75, 3.05) is 38.3 Å². The van der Waals surface area contributed by atoms with Crippen LogP contribution in [-0.2, 0) is 26.6 Å². The number of aryl methyl sites for hydroxylation is 1. The largest absolute Gasteiger partial charge is 0.490 e. The van der Waals surface area contributed by atoms with Gasteiger partial charge in [-0.3, -0.25) is 4.79 Å². The summed E-state index contributed by atoms with van der Waals surface area (Å²) in [5.41, 5.74) is 3.20. The molecular formula is C39H53ClN2O6S. The van der Waals surface area contributed by atoms with Gasteiger partial charge >= 0.3 is 0 Å². The Labute approximate surface area is 298 Å². The van der Waals surface area contributed by atoms with E-state index in [4.69, 9.17) is 21.1 Å². The number of anilines is 1. The molecule has 6 atom stereocenters. The summed E-state index contributed by atoms with van der Waals surface area (Å²) in [4.78, 5) is 16.0. The molecule has 5 rings (SSSR count). The second-order valence-electron chi connectivity index (χ2n) is 14.3. The Morgan fingerprint density at radius 3 is 2.80 bits per heavy atom. The van der Waals surface area contributed by atoms with Crippen LogP contribution in [0.3, 0.4) is 0 Å². The van der Waals surface area contributed by atoms with Crippen LogP contribution in [-0.4, -0.2) is 64.2 Å². The fourth-order valence-corrected chi connectivity index (χ4v) is 9.86. The van der Waals surface area contributed by atoms with E-state index in [1.54, 1.807) is 24.3 Å². The van der Waals surface area contributed by atoms with E-state index < -0.39 is 27.3 Å². The zero-order valence-electron chi connectivity index (χ0n) is 29.2. The quantitative estimate of drug-likeness (QED) is 0.188. The summed E-state index contributed by atoms with van der Waals surface area (Å²) >= 11 is 6.43. The summed E-state index contributed by atoms with van der Waals surface area (Å²) in [6, 6.07) is 11.4. The summed E-state index contributed by atoms with van der Waals surface area (Å²) in [7, 11) is -2.49. The maximum absolute atomic E-state index is 13.7. The molecule has 1 heterocycles. The number of halogens is 1. The van der Waals surface area contributed by atoms with Gasteiger partial charge in [-0.05, 0) is 111 Å². The summed E-state index contributed by atoms with van der Waals surface area (Å²) in [5.74, 6) is 0.136. The number of hydrogen-bond acceptors (Lipinski definition) is 7. The molecule has 0 unspecified atom stereocenters. The number of fused-ring (bicyclic) bond motifs is 3.